The maximum absolute atomic E-state index is 12.4. The fraction of sp³-hybridized carbons (Fsp3) is 0.143. The fourth-order valence-electron chi connectivity index (χ4n) is 2.57. The number of pyridine rings is 1. The van der Waals surface area contributed by atoms with Gasteiger partial charge in [-0.25, -0.2) is 0 Å². The van der Waals surface area contributed by atoms with Crippen LogP contribution in [0.25, 0.3) is 0 Å². The van der Waals surface area contributed by atoms with Crippen molar-refractivity contribution in [2.45, 2.75) is 6.54 Å². The summed E-state index contributed by atoms with van der Waals surface area (Å²) in [5.41, 5.74) is 2.82. The highest BCUT2D eigenvalue weighted by Crippen LogP contribution is 2.31. The van der Waals surface area contributed by atoms with E-state index in [0.717, 1.165) is 16.9 Å². The molecule has 27 heavy (non-hydrogen) atoms. The van der Waals surface area contributed by atoms with Gasteiger partial charge < -0.3 is 20.1 Å². The molecular weight excluding hydrogens is 342 g/mol. The number of carbonyl (C=O) groups excluding carboxylic acids is 1. The minimum Gasteiger partial charge on any atom is -0.497 e. The van der Waals surface area contributed by atoms with Crippen LogP contribution in [-0.2, 0) is 6.54 Å². The van der Waals surface area contributed by atoms with Gasteiger partial charge in [-0.2, -0.15) is 0 Å². The lowest BCUT2D eigenvalue weighted by Gasteiger charge is -2.13. The quantitative estimate of drug-likeness (QED) is 0.668. The van der Waals surface area contributed by atoms with E-state index in [2.05, 4.69) is 15.6 Å². The van der Waals surface area contributed by atoms with Crippen molar-refractivity contribution in [2.75, 3.05) is 19.5 Å². The van der Waals surface area contributed by atoms with Crippen LogP contribution in [0.1, 0.15) is 16.1 Å². The third-order valence-corrected chi connectivity index (χ3v) is 3.97. The fourth-order valence-corrected chi connectivity index (χ4v) is 2.57. The molecule has 0 bridgehead atoms. The van der Waals surface area contributed by atoms with Crippen molar-refractivity contribution in [3.63, 3.8) is 0 Å². The first-order valence-corrected chi connectivity index (χ1v) is 8.47. The molecule has 0 spiro atoms. The highest BCUT2D eigenvalue weighted by Gasteiger charge is 2.10. The van der Waals surface area contributed by atoms with E-state index >= 15 is 0 Å². The molecule has 138 valence electrons. The zero-order valence-corrected chi connectivity index (χ0v) is 15.2. The summed E-state index contributed by atoms with van der Waals surface area (Å²) in [5.74, 6) is 1.14. The van der Waals surface area contributed by atoms with E-state index in [0.29, 0.717) is 23.7 Å². The molecule has 0 fully saturated rings. The number of aromatic nitrogens is 1. The molecule has 0 saturated carbocycles. The van der Waals surface area contributed by atoms with E-state index in [1.54, 1.807) is 32.5 Å². The van der Waals surface area contributed by atoms with Crippen LogP contribution in [0.3, 0.4) is 0 Å². The van der Waals surface area contributed by atoms with Gasteiger partial charge in [-0.15, -0.1) is 0 Å². The maximum Gasteiger partial charge on any atom is 0.270 e. The Morgan fingerprint density at radius 2 is 1.81 bits per heavy atom. The zero-order chi connectivity index (χ0) is 19.1. The van der Waals surface area contributed by atoms with Gasteiger partial charge in [-0.1, -0.05) is 30.3 Å². The standard InChI is InChI=1S/C21H21N3O3/c1-26-17-8-9-20(27-2)18(13-17)24-16-10-11-22-19(12-16)21(25)23-14-15-6-4-3-5-7-15/h3-13H,14H2,1-2H3,(H,22,24)(H,23,25). The van der Waals surface area contributed by atoms with E-state index in [9.17, 15) is 4.79 Å². The summed E-state index contributed by atoms with van der Waals surface area (Å²) in [4.78, 5) is 16.6. The van der Waals surface area contributed by atoms with Crippen molar-refractivity contribution in [1.82, 2.24) is 10.3 Å². The van der Waals surface area contributed by atoms with Crippen LogP contribution in [0.5, 0.6) is 11.5 Å². The first-order chi connectivity index (χ1) is 13.2. The lowest BCUT2D eigenvalue weighted by Crippen LogP contribution is -2.23. The van der Waals surface area contributed by atoms with Crippen LogP contribution in [0.15, 0.2) is 66.9 Å². The molecule has 6 heteroatoms. The number of hydrogen-bond acceptors (Lipinski definition) is 5. The van der Waals surface area contributed by atoms with Crippen molar-refractivity contribution in [3.05, 3.63) is 78.1 Å². The molecule has 0 aliphatic carbocycles. The summed E-state index contributed by atoms with van der Waals surface area (Å²) in [5, 5.41) is 6.12. The van der Waals surface area contributed by atoms with Crippen LogP contribution >= 0.6 is 0 Å². The van der Waals surface area contributed by atoms with Gasteiger partial charge in [0.1, 0.15) is 17.2 Å². The number of ether oxygens (including phenoxy) is 2. The number of methoxy groups -OCH3 is 2. The molecule has 0 radical (unpaired) electrons. The van der Waals surface area contributed by atoms with E-state index in [1.165, 1.54) is 0 Å². The number of carbonyl (C=O) groups is 1. The number of anilines is 2. The molecule has 6 nitrogen and oxygen atoms in total. The Labute approximate surface area is 158 Å². The van der Waals surface area contributed by atoms with Crippen LogP contribution in [0, 0.1) is 0 Å². The molecule has 0 atom stereocenters. The minimum atomic E-state index is -0.236. The van der Waals surface area contributed by atoms with Gasteiger partial charge in [-0.3, -0.25) is 9.78 Å². The molecule has 0 aliphatic heterocycles. The largest absolute Gasteiger partial charge is 0.497 e. The number of rotatable bonds is 7. The lowest BCUT2D eigenvalue weighted by molar-refractivity contribution is 0.0946. The van der Waals surface area contributed by atoms with Crippen molar-refractivity contribution >= 4 is 17.3 Å². The van der Waals surface area contributed by atoms with Crippen molar-refractivity contribution in [2.24, 2.45) is 0 Å². The minimum absolute atomic E-state index is 0.236. The van der Waals surface area contributed by atoms with Crippen LogP contribution in [0.2, 0.25) is 0 Å². The molecule has 3 rings (SSSR count). The van der Waals surface area contributed by atoms with Crippen molar-refractivity contribution in [3.8, 4) is 11.5 Å². The topological polar surface area (TPSA) is 72.5 Å². The maximum atomic E-state index is 12.4. The van der Waals surface area contributed by atoms with E-state index in [4.69, 9.17) is 9.47 Å². The molecule has 1 heterocycles. The van der Waals surface area contributed by atoms with E-state index in [-0.39, 0.29) is 5.91 Å². The molecule has 0 aliphatic rings. The monoisotopic (exact) mass is 363 g/mol. The highest BCUT2D eigenvalue weighted by atomic mass is 16.5. The van der Waals surface area contributed by atoms with Crippen LogP contribution in [0.4, 0.5) is 11.4 Å². The normalized spacial score (nSPS) is 10.1. The number of hydrogen-bond donors (Lipinski definition) is 2. The van der Waals surface area contributed by atoms with Gasteiger partial charge in [0, 0.05) is 24.5 Å². The SMILES string of the molecule is COc1ccc(OC)c(Nc2ccnc(C(=O)NCc3ccccc3)c2)c1. The first-order valence-electron chi connectivity index (χ1n) is 8.47. The average molecular weight is 363 g/mol. The van der Waals surface area contributed by atoms with Crippen LogP contribution < -0.4 is 20.1 Å². The molecule has 2 N–H and O–H groups in total. The second kappa shape index (κ2) is 8.71. The molecular formula is C21H21N3O3. The Kier molecular flexibility index (Phi) is 5.89. The Balaban J connectivity index is 1.73. The summed E-state index contributed by atoms with van der Waals surface area (Å²) >= 11 is 0. The Morgan fingerprint density at radius 3 is 2.56 bits per heavy atom. The third kappa shape index (κ3) is 4.76. The second-order valence-electron chi connectivity index (χ2n) is 5.79. The number of benzene rings is 2. The first kappa shape index (κ1) is 18.3. The number of nitrogens with zero attached hydrogens (tertiary/aromatic N) is 1. The molecule has 1 aromatic heterocycles. The summed E-state index contributed by atoms with van der Waals surface area (Å²) < 4.78 is 10.6. The predicted molar refractivity (Wildman–Crippen MR) is 105 cm³/mol. The Morgan fingerprint density at radius 1 is 1.00 bits per heavy atom. The molecule has 2 aromatic carbocycles. The molecule has 0 unspecified atom stereocenters. The van der Waals surface area contributed by atoms with E-state index in [1.807, 2.05) is 48.5 Å². The van der Waals surface area contributed by atoms with Gasteiger partial charge in [0.2, 0.25) is 0 Å². The average Bonchev–Trinajstić information content (AvgIpc) is 2.73. The van der Waals surface area contributed by atoms with Crippen molar-refractivity contribution < 1.29 is 14.3 Å². The second-order valence-corrected chi connectivity index (χ2v) is 5.79. The van der Waals surface area contributed by atoms with Crippen LogP contribution in [-0.4, -0.2) is 25.1 Å². The van der Waals surface area contributed by atoms with Gasteiger partial charge in [0.25, 0.3) is 5.91 Å². The van der Waals surface area contributed by atoms with Gasteiger partial charge >= 0.3 is 0 Å². The van der Waals surface area contributed by atoms with E-state index < -0.39 is 0 Å². The van der Waals surface area contributed by atoms with Gasteiger partial charge in [-0.05, 0) is 29.8 Å². The van der Waals surface area contributed by atoms with Gasteiger partial charge in [0.05, 0.1) is 19.9 Å². The summed E-state index contributed by atoms with van der Waals surface area (Å²) in [7, 11) is 3.20. The molecule has 3 aromatic rings. The summed E-state index contributed by atoms with van der Waals surface area (Å²) in [6.45, 7) is 0.447. The summed E-state index contributed by atoms with van der Waals surface area (Å²) in [6.07, 6.45) is 1.59. The third-order valence-electron chi connectivity index (χ3n) is 3.97. The Hall–Kier alpha value is -3.54. The molecule has 1 amide bonds. The number of amides is 1. The smallest absolute Gasteiger partial charge is 0.270 e. The molecule has 0 saturated heterocycles. The lowest BCUT2D eigenvalue weighted by atomic mass is 10.2. The highest BCUT2D eigenvalue weighted by molar-refractivity contribution is 5.93. The number of nitrogens with one attached hydrogen (secondary N) is 2. The zero-order valence-electron chi connectivity index (χ0n) is 15.2. The predicted octanol–water partition coefficient (Wildman–Crippen LogP) is 3.77. The van der Waals surface area contributed by atoms with Crippen molar-refractivity contribution in [1.29, 1.82) is 0 Å². The Bertz CT molecular complexity index is 914. The van der Waals surface area contributed by atoms with Gasteiger partial charge in [0.15, 0.2) is 0 Å². The summed E-state index contributed by atoms with van der Waals surface area (Å²) in [6, 6.07) is 18.7.